The van der Waals surface area contributed by atoms with Gasteiger partial charge in [0.2, 0.25) is 0 Å². The van der Waals surface area contributed by atoms with Gasteiger partial charge in [0, 0.05) is 25.2 Å². The van der Waals surface area contributed by atoms with Crippen LogP contribution in [-0.4, -0.2) is 42.4 Å². The molecule has 1 aromatic carbocycles. The molecular weight excluding hydrogens is 316 g/mol. The number of nitrogens with zero attached hydrogens (tertiary/aromatic N) is 1. The fraction of sp³-hybridized carbons (Fsp3) is 0.529. The number of amides is 2. The predicted molar refractivity (Wildman–Crippen MR) is 87.5 cm³/mol. The minimum Gasteiger partial charge on any atom is -0.345 e. The van der Waals surface area contributed by atoms with Crippen LogP contribution in [0.15, 0.2) is 18.2 Å². The summed E-state index contributed by atoms with van der Waals surface area (Å²) in [7, 11) is 0. The Labute approximate surface area is 140 Å². The summed E-state index contributed by atoms with van der Waals surface area (Å²) in [4.78, 5) is 26.1. The predicted octanol–water partition coefficient (Wildman–Crippen LogP) is 2.28. The molecule has 0 spiro atoms. The molecule has 2 rings (SSSR count). The lowest BCUT2D eigenvalue weighted by Gasteiger charge is -2.32. The third kappa shape index (κ3) is 5.26. The molecule has 1 fully saturated rings. The van der Waals surface area contributed by atoms with Crippen LogP contribution in [0.3, 0.4) is 0 Å². The number of hydrogen-bond acceptors (Lipinski definition) is 3. The number of benzene rings is 1. The Kier molecular flexibility index (Phi) is 6.66. The Morgan fingerprint density at radius 2 is 1.92 bits per heavy atom. The van der Waals surface area contributed by atoms with E-state index in [0.717, 1.165) is 57.5 Å². The van der Waals surface area contributed by atoms with E-state index in [1.807, 2.05) is 0 Å². The molecule has 132 valence electrons. The second kappa shape index (κ2) is 8.73. The summed E-state index contributed by atoms with van der Waals surface area (Å²) in [5, 5.41) is 4.83. The molecule has 1 heterocycles. The van der Waals surface area contributed by atoms with Crippen LogP contribution in [0.2, 0.25) is 0 Å². The van der Waals surface area contributed by atoms with E-state index in [1.54, 1.807) is 0 Å². The van der Waals surface area contributed by atoms with Crippen molar-refractivity contribution in [2.45, 2.75) is 38.6 Å². The van der Waals surface area contributed by atoms with Gasteiger partial charge in [0.15, 0.2) is 0 Å². The third-order valence-corrected chi connectivity index (χ3v) is 4.14. The summed E-state index contributed by atoms with van der Waals surface area (Å²) in [6, 6.07) is 2.70. The Morgan fingerprint density at radius 1 is 1.21 bits per heavy atom. The molecule has 0 atom stereocenters. The molecule has 1 saturated heterocycles. The van der Waals surface area contributed by atoms with Crippen molar-refractivity contribution in [1.29, 1.82) is 0 Å². The molecule has 2 amide bonds. The highest BCUT2D eigenvalue weighted by molar-refractivity contribution is 6.39. The Hall–Kier alpha value is -2.02. The number of carbonyl (C=O) groups is 2. The van der Waals surface area contributed by atoms with Gasteiger partial charge in [-0.3, -0.25) is 9.59 Å². The van der Waals surface area contributed by atoms with Gasteiger partial charge in [0.05, 0.1) is 5.69 Å². The number of nitrogens with one attached hydrogen (secondary N) is 2. The first-order valence-corrected chi connectivity index (χ1v) is 8.29. The Morgan fingerprint density at radius 3 is 2.54 bits per heavy atom. The maximum Gasteiger partial charge on any atom is 0.313 e. The molecular formula is C17H23F2N3O2. The normalized spacial score (nSPS) is 16.0. The van der Waals surface area contributed by atoms with Gasteiger partial charge in [0.1, 0.15) is 11.6 Å². The molecule has 1 aliphatic heterocycles. The zero-order valence-corrected chi connectivity index (χ0v) is 13.8. The van der Waals surface area contributed by atoms with Crippen molar-refractivity contribution in [2.75, 3.05) is 25.0 Å². The Balaban J connectivity index is 1.79. The van der Waals surface area contributed by atoms with Crippen LogP contribution >= 0.6 is 0 Å². The summed E-state index contributed by atoms with van der Waals surface area (Å²) >= 11 is 0. The average molecular weight is 339 g/mol. The maximum atomic E-state index is 13.5. The van der Waals surface area contributed by atoms with Crippen LogP contribution in [0.1, 0.15) is 32.6 Å². The topological polar surface area (TPSA) is 61.4 Å². The summed E-state index contributed by atoms with van der Waals surface area (Å²) in [5.74, 6) is -3.41. The second-order valence-electron chi connectivity index (χ2n) is 6.02. The van der Waals surface area contributed by atoms with E-state index < -0.39 is 23.4 Å². The van der Waals surface area contributed by atoms with Gasteiger partial charge in [-0.2, -0.15) is 0 Å². The number of piperidine rings is 1. The molecule has 24 heavy (non-hydrogen) atoms. The zero-order chi connectivity index (χ0) is 17.5. The van der Waals surface area contributed by atoms with E-state index in [1.165, 1.54) is 0 Å². The van der Waals surface area contributed by atoms with E-state index in [9.17, 15) is 18.4 Å². The van der Waals surface area contributed by atoms with Gasteiger partial charge in [-0.15, -0.1) is 0 Å². The molecule has 0 aromatic heterocycles. The molecule has 2 N–H and O–H groups in total. The van der Waals surface area contributed by atoms with E-state index in [4.69, 9.17) is 0 Å². The fourth-order valence-electron chi connectivity index (χ4n) is 2.70. The van der Waals surface area contributed by atoms with Crippen LogP contribution in [-0.2, 0) is 9.59 Å². The average Bonchev–Trinajstić information content (AvgIpc) is 2.56. The third-order valence-electron chi connectivity index (χ3n) is 4.14. The molecule has 1 aliphatic rings. The highest BCUT2D eigenvalue weighted by atomic mass is 19.1. The van der Waals surface area contributed by atoms with Crippen LogP contribution in [0.5, 0.6) is 0 Å². The van der Waals surface area contributed by atoms with Crippen LogP contribution in [0.4, 0.5) is 14.5 Å². The molecule has 1 aromatic rings. The van der Waals surface area contributed by atoms with Gasteiger partial charge >= 0.3 is 11.8 Å². The van der Waals surface area contributed by atoms with Crippen molar-refractivity contribution in [1.82, 2.24) is 10.2 Å². The summed E-state index contributed by atoms with van der Waals surface area (Å²) in [6.07, 6.45) is 3.88. The highest BCUT2D eigenvalue weighted by Crippen LogP contribution is 2.15. The molecule has 0 bridgehead atoms. The number of hydrogen-bond donors (Lipinski definition) is 2. The first kappa shape index (κ1) is 18.3. The number of carbonyl (C=O) groups excluding carboxylic acids is 2. The van der Waals surface area contributed by atoms with Gasteiger partial charge < -0.3 is 15.5 Å². The molecule has 0 radical (unpaired) electrons. The zero-order valence-electron chi connectivity index (χ0n) is 13.8. The summed E-state index contributed by atoms with van der Waals surface area (Å²) < 4.78 is 26.3. The van der Waals surface area contributed by atoms with Gasteiger partial charge in [0.25, 0.3) is 0 Å². The highest BCUT2D eigenvalue weighted by Gasteiger charge is 2.23. The number of unbranched alkanes of at least 4 members (excludes halogenated alkanes) is 1. The fourth-order valence-corrected chi connectivity index (χ4v) is 2.70. The maximum absolute atomic E-state index is 13.5. The van der Waals surface area contributed by atoms with Crippen molar-refractivity contribution in [3.05, 3.63) is 29.8 Å². The van der Waals surface area contributed by atoms with Crippen LogP contribution in [0, 0.1) is 11.6 Å². The second-order valence-corrected chi connectivity index (χ2v) is 6.02. The standard InChI is InChI=1S/C17H23F2N3O2/c1-2-3-8-22-9-6-13(7-10-22)20-16(23)17(24)21-15-5-4-12(18)11-14(15)19/h4-5,11,13H,2-3,6-10H2,1H3,(H,20,23)(H,21,24). The first-order valence-electron chi connectivity index (χ1n) is 8.29. The lowest BCUT2D eigenvalue weighted by molar-refractivity contribution is -0.136. The minimum absolute atomic E-state index is 0.0563. The molecule has 5 nitrogen and oxygen atoms in total. The van der Waals surface area contributed by atoms with Crippen molar-refractivity contribution >= 4 is 17.5 Å². The molecule has 0 unspecified atom stereocenters. The van der Waals surface area contributed by atoms with Crippen LogP contribution in [0.25, 0.3) is 0 Å². The van der Waals surface area contributed by atoms with E-state index >= 15 is 0 Å². The van der Waals surface area contributed by atoms with Crippen molar-refractivity contribution < 1.29 is 18.4 Å². The van der Waals surface area contributed by atoms with Crippen molar-refractivity contribution in [3.8, 4) is 0 Å². The lowest BCUT2D eigenvalue weighted by atomic mass is 10.0. The minimum atomic E-state index is -0.950. The van der Waals surface area contributed by atoms with E-state index in [0.29, 0.717) is 6.07 Å². The van der Waals surface area contributed by atoms with E-state index in [-0.39, 0.29) is 11.7 Å². The summed E-state index contributed by atoms with van der Waals surface area (Å²) in [5.41, 5.74) is -0.217. The van der Waals surface area contributed by atoms with Gasteiger partial charge in [-0.1, -0.05) is 13.3 Å². The van der Waals surface area contributed by atoms with Crippen LogP contribution < -0.4 is 10.6 Å². The largest absolute Gasteiger partial charge is 0.345 e. The lowest BCUT2D eigenvalue weighted by Crippen LogP contribution is -2.47. The van der Waals surface area contributed by atoms with Crippen molar-refractivity contribution in [2.24, 2.45) is 0 Å². The quantitative estimate of drug-likeness (QED) is 0.809. The smallest absolute Gasteiger partial charge is 0.313 e. The monoisotopic (exact) mass is 339 g/mol. The number of rotatable bonds is 5. The Bertz CT molecular complexity index is 587. The summed E-state index contributed by atoms with van der Waals surface area (Å²) in [6.45, 7) is 4.98. The first-order chi connectivity index (χ1) is 11.5. The van der Waals surface area contributed by atoms with Gasteiger partial charge in [-0.05, 0) is 37.9 Å². The molecule has 7 heteroatoms. The molecule has 0 saturated carbocycles. The van der Waals surface area contributed by atoms with Gasteiger partial charge in [-0.25, -0.2) is 8.78 Å². The van der Waals surface area contributed by atoms with Crippen molar-refractivity contribution in [3.63, 3.8) is 0 Å². The SMILES string of the molecule is CCCCN1CCC(NC(=O)C(=O)Nc2ccc(F)cc2F)CC1. The van der Waals surface area contributed by atoms with E-state index in [2.05, 4.69) is 22.5 Å². The number of likely N-dealkylation sites (tertiary alicyclic amines) is 1. The molecule has 0 aliphatic carbocycles. The number of halogens is 2. The number of anilines is 1.